The molecule has 6 nitrogen and oxygen atoms in total. The molecule has 2 fully saturated rings. The van der Waals surface area contributed by atoms with Gasteiger partial charge in [-0.3, -0.25) is 4.68 Å². The van der Waals surface area contributed by atoms with Gasteiger partial charge in [-0.2, -0.15) is 5.10 Å². The third kappa shape index (κ3) is 3.56. The highest BCUT2D eigenvalue weighted by Crippen LogP contribution is 2.35. The maximum absolute atomic E-state index is 12.1. The molecule has 1 unspecified atom stereocenters. The minimum atomic E-state index is -0.470. The number of nitrogens with zero attached hydrogens (tertiary/aromatic N) is 3. The molecule has 1 amide bonds. The molecule has 1 saturated heterocycles. The van der Waals surface area contributed by atoms with Crippen molar-refractivity contribution in [1.29, 1.82) is 0 Å². The molecule has 0 bridgehead atoms. The summed E-state index contributed by atoms with van der Waals surface area (Å²) >= 11 is 0. The Labute approximate surface area is 125 Å². The number of hydrogen-bond acceptors (Lipinski definition) is 4. The van der Waals surface area contributed by atoms with Gasteiger partial charge in [-0.15, -0.1) is 0 Å². The Balaban J connectivity index is 1.63. The zero-order chi connectivity index (χ0) is 15.0. The fraction of sp³-hybridized carbons (Fsp3) is 0.733. The van der Waals surface area contributed by atoms with E-state index in [1.54, 1.807) is 4.90 Å². The molecule has 116 valence electrons. The van der Waals surface area contributed by atoms with E-state index in [0.717, 1.165) is 5.56 Å². The van der Waals surface area contributed by atoms with Crippen LogP contribution in [0.1, 0.15) is 51.3 Å². The van der Waals surface area contributed by atoms with Crippen molar-refractivity contribution in [3.63, 3.8) is 0 Å². The van der Waals surface area contributed by atoms with Crippen LogP contribution in [0.4, 0.5) is 4.79 Å². The van der Waals surface area contributed by atoms with Crippen molar-refractivity contribution in [3.05, 3.63) is 18.0 Å². The van der Waals surface area contributed by atoms with Crippen LogP contribution in [-0.2, 0) is 9.47 Å². The van der Waals surface area contributed by atoms with Crippen LogP contribution >= 0.6 is 0 Å². The van der Waals surface area contributed by atoms with Gasteiger partial charge in [0, 0.05) is 18.3 Å². The summed E-state index contributed by atoms with van der Waals surface area (Å²) in [6, 6.07) is 0.560. The number of rotatable bonds is 2. The topological polar surface area (TPSA) is 56.6 Å². The number of carbonyl (C=O) groups excluding carboxylic acids is 1. The third-order valence-electron chi connectivity index (χ3n) is 3.63. The third-order valence-corrected chi connectivity index (χ3v) is 3.63. The first-order chi connectivity index (χ1) is 9.92. The number of morpholine rings is 1. The second kappa shape index (κ2) is 5.33. The molecular weight excluding hydrogens is 270 g/mol. The first-order valence-electron chi connectivity index (χ1n) is 7.56. The largest absolute Gasteiger partial charge is 0.444 e. The van der Waals surface area contributed by atoms with Crippen molar-refractivity contribution < 1.29 is 14.3 Å². The average Bonchev–Trinajstić information content (AvgIpc) is 3.15. The van der Waals surface area contributed by atoms with Crippen molar-refractivity contribution >= 4 is 6.09 Å². The van der Waals surface area contributed by atoms with Gasteiger partial charge in [-0.05, 0) is 33.6 Å². The Morgan fingerprint density at radius 2 is 2.19 bits per heavy atom. The van der Waals surface area contributed by atoms with Crippen LogP contribution in [0.15, 0.2) is 12.4 Å². The monoisotopic (exact) mass is 293 g/mol. The smallest absolute Gasteiger partial charge is 0.410 e. The average molecular weight is 293 g/mol. The summed E-state index contributed by atoms with van der Waals surface area (Å²) in [4.78, 5) is 13.9. The van der Waals surface area contributed by atoms with Gasteiger partial charge in [0.2, 0.25) is 0 Å². The van der Waals surface area contributed by atoms with Crippen molar-refractivity contribution in [2.45, 2.75) is 51.4 Å². The lowest BCUT2D eigenvalue weighted by Crippen LogP contribution is -2.44. The van der Waals surface area contributed by atoms with E-state index >= 15 is 0 Å². The fourth-order valence-electron chi connectivity index (χ4n) is 2.40. The molecule has 1 aliphatic carbocycles. The maximum atomic E-state index is 12.1. The van der Waals surface area contributed by atoms with Crippen molar-refractivity contribution in [1.82, 2.24) is 14.7 Å². The minimum absolute atomic E-state index is 0.112. The number of aromatic nitrogens is 2. The van der Waals surface area contributed by atoms with E-state index in [9.17, 15) is 4.79 Å². The van der Waals surface area contributed by atoms with Crippen LogP contribution in [0.2, 0.25) is 0 Å². The van der Waals surface area contributed by atoms with E-state index in [2.05, 4.69) is 5.10 Å². The molecule has 1 atom stereocenters. The highest BCUT2D eigenvalue weighted by Gasteiger charge is 2.31. The quantitative estimate of drug-likeness (QED) is 0.841. The molecule has 2 aliphatic rings. The van der Waals surface area contributed by atoms with Gasteiger partial charge in [0.15, 0.2) is 0 Å². The van der Waals surface area contributed by atoms with Crippen molar-refractivity contribution in [2.24, 2.45) is 0 Å². The summed E-state index contributed by atoms with van der Waals surface area (Å²) < 4.78 is 13.2. The fourth-order valence-corrected chi connectivity index (χ4v) is 2.40. The molecule has 0 aromatic carbocycles. The molecule has 6 heteroatoms. The zero-order valence-electron chi connectivity index (χ0n) is 12.9. The molecule has 1 aromatic rings. The van der Waals surface area contributed by atoms with Crippen LogP contribution in [0.5, 0.6) is 0 Å². The number of carbonyl (C=O) groups is 1. The molecule has 21 heavy (non-hydrogen) atoms. The Morgan fingerprint density at radius 3 is 2.86 bits per heavy atom. The standard InChI is InChI=1S/C15H23N3O3/c1-15(2,3)21-14(19)17-6-7-20-13(10-17)11-8-16-18(9-11)12-4-5-12/h8-9,12-13H,4-7,10H2,1-3H3. The predicted molar refractivity (Wildman–Crippen MR) is 77.0 cm³/mol. The highest BCUT2D eigenvalue weighted by molar-refractivity contribution is 5.68. The van der Waals surface area contributed by atoms with Gasteiger partial charge < -0.3 is 14.4 Å². The minimum Gasteiger partial charge on any atom is -0.444 e. The summed E-state index contributed by atoms with van der Waals surface area (Å²) in [5.41, 5.74) is 0.567. The van der Waals surface area contributed by atoms with Gasteiger partial charge in [0.1, 0.15) is 11.7 Å². The summed E-state index contributed by atoms with van der Waals surface area (Å²) in [7, 11) is 0. The van der Waals surface area contributed by atoms with Crippen LogP contribution in [-0.4, -0.2) is 46.1 Å². The Bertz CT molecular complexity index is 516. The Hall–Kier alpha value is -1.56. The van der Waals surface area contributed by atoms with Crippen LogP contribution in [0.25, 0.3) is 0 Å². The van der Waals surface area contributed by atoms with Crippen LogP contribution in [0.3, 0.4) is 0 Å². The Morgan fingerprint density at radius 1 is 1.43 bits per heavy atom. The van der Waals surface area contributed by atoms with E-state index in [4.69, 9.17) is 9.47 Å². The number of ether oxygens (including phenoxy) is 2. The normalized spacial score (nSPS) is 23.2. The van der Waals surface area contributed by atoms with Gasteiger partial charge in [0.25, 0.3) is 0 Å². The first-order valence-corrected chi connectivity index (χ1v) is 7.56. The molecule has 0 N–H and O–H groups in total. The highest BCUT2D eigenvalue weighted by atomic mass is 16.6. The summed E-state index contributed by atoms with van der Waals surface area (Å²) in [5, 5.41) is 4.38. The molecule has 0 radical (unpaired) electrons. The van der Waals surface area contributed by atoms with E-state index in [0.29, 0.717) is 25.7 Å². The molecule has 3 rings (SSSR count). The van der Waals surface area contributed by atoms with E-state index in [1.165, 1.54) is 12.8 Å². The number of amides is 1. The van der Waals surface area contributed by atoms with E-state index in [-0.39, 0.29) is 12.2 Å². The van der Waals surface area contributed by atoms with Crippen LogP contribution < -0.4 is 0 Å². The second-order valence-electron chi connectivity index (χ2n) is 6.77. The lowest BCUT2D eigenvalue weighted by atomic mass is 10.1. The summed E-state index contributed by atoms with van der Waals surface area (Å²) in [5.74, 6) is 0. The van der Waals surface area contributed by atoms with Gasteiger partial charge in [-0.25, -0.2) is 4.79 Å². The van der Waals surface area contributed by atoms with Crippen LogP contribution in [0, 0.1) is 0 Å². The lowest BCUT2D eigenvalue weighted by molar-refractivity contribution is -0.0433. The molecule has 1 aromatic heterocycles. The SMILES string of the molecule is CC(C)(C)OC(=O)N1CCOC(c2cnn(C3CC3)c2)C1. The molecule has 0 spiro atoms. The first kappa shape index (κ1) is 14.4. The maximum Gasteiger partial charge on any atom is 0.410 e. The van der Waals surface area contributed by atoms with Crippen molar-refractivity contribution in [3.8, 4) is 0 Å². The summed E-state index contributed by atoms with van der Waals surface area (Å²) in [6.45, 7) is 7.25. The molecule has 2 heterocycles. The van der Waals surface area contributed by atoms with E-state index < -0.39 is 5.60 Å². The number of hydrogen-bond donors (Lipinski definition) is 0. The second-order valence-corrected chi connectivity index (χ2v) is 6.77. The molecular formula is C15H23N3O3. The van der Waals surface area contributed by atoms with Gasteiger partial charge in [-0.1, -0.05) is 0 Å². The predicted octanol–water partition coefficient (Wildman–Crippen LogP) is 2.53. The van der Waals surface area contributed by atoms with Gasteiger partial charge >= 0.3 is 6.09 Å². The summed E-state index contributed by atoms with van der Waals surface area (Å²) in [6.07, 6.45) is 5.92. The van der Waals surface area contributed by atoms with E-state index in [1.807, 2.05) is 37.8 Å². The Kier molecular flexibility index (Phi) is 3.65. The van der Waals surface area contributed by atoms with Crippen molar-refractivity contribution in [2.75, 3.05) is 19.7 Å². The molecule has 1 saturated carbocycles. The lowest BCUT2D eigenvalue weighted by Gasteiger charge is -2.33. The molecule has 1 aliphatic heterocycles. The zero-order valence-corrected chi connectivity index (χ0v) is 12.9. The van der Waals surface area contributed by atoms with Gasteiger partial charge in [0.05, 0.1) is 25.4 Å².